The van der Waals surface area contributed by atoms with Gasteiger partial charge in [-0.2, -0.15) is 5.26 Å². The van der Waals surface area contributed by atoms with Crippen LogP contribution in [0, 0.1) is 16.7 Å². The molecule has 19 heavy (non-hydrogen) atoms. The van der Waals surface area contributed by atoms with Crippen LogP contribution >= 0.6 is 0 Å². The van der Waals surface area contributed by atoms with Gasteiger partial charge in [-0.1, -0.05) is 44.0 Å². The zero-order chi connectivity index (χ0) is 13.9. The van der Waals surface area contributed by atoms with Gasteiger partial charge in [0.15, 0.2) is 0 Å². The Labute approximate surface area is 117 Å². The smallest absolute Gasteiger partial charge is 0.0770 e. The lowest BCUT2D eigenvalue weighted by atomic mass is 9.63. The molecule has 1 aliphatic carbocycles. The van der Waals surface area contributed by atoms with Gasteiger partial charge in [-0.3, -0.25) is 0 Å². The van der Waals surface area contributed by atoms with E-state index in [1.54, 1.807) is 0 Å². The van der Waals surface area contributed by atoms with Crippen LogP contribution in [0.15, 0.2) is 24.3 Å². The summed E-state index contributed by atoms with van der Waals surface area (Å²) in [5.74, 6) is 0. The van der Waals surface area contributed by atoms with Crippen molar-refractivity contribution in [3.63, 3.8) is 0 Å². The number of benzene rings is 1. The van der Waals surface area contributed by atoms with E-state index < -0.39 is 0 Å². The molecule has 2 heteroatoms. The summed E-state index contributed by atoms with van der Waals surface area (Å²) in [7, 11) is 4.17. The maximum Gasteiger partial charge on any atom is 0.0770 e. The summed E-state index contributed by atoms with van der Waals surface area (Å²) in [5, 5.41) is 9.58. The van der Waals surface area contributed by atoms with Crippen molar-refractivity contribution < 1.29 is 0 Å². The summed E-state index contributed by atoms with van der Waals surface area (Å²) in [6.07, 6.45) is 5.56. The highest BCUT2D eigenvalue weighted by atomic mass is 15.1. The van der Waals surface area contributed by atoms with Crippen molar-refractivity contribution in [2.75, 3.05) is 14.1 Å². The van der Waals surface area contributed by atoms with Crippen molar-refractivity contribution >= 4 is 0 Å². The summed E-state index contributed by atoms with van der Waals surface area (Å²) in [6, 6.07) is 11.7. The van der Waals surface area contributed by atoms with E-state index in [1.165, 1.54) is 24.0 Å². The second-order valence-electron chi connectivity index (χ2n) is 5.98. The standard InChI is InChI=1S/C17H24N2/c1-4-6-14-7-9-15(10-8-14)16(19(2)3)17(13-18)11-5-12-17/h7-10,16H,4-6,11-12H2,1-3H3. The third-order valence-corrected chi connectivity index (χ3v) is 4.34. The summed E-state index contributed by atoms with van der Waals surface area (Å²) in [4.78, 5) is 2.21. The van der Waals surface area contributed by atoms with Crippen LogP contribution in [0.5, 0.6) is 0 Å². The molecule has 102 valence electrons. The second-order valence-corrected chi connectivity index (χ2v) is 5.98. The highest BCUT2D eigenvalue weighted by Crippen LogP contribution is 2.51. The fraction of sp³-hybridized carbons (Fsp3) is 0.588. The van der Waals surface area contributed by atoms with E-state index in [1.807, 2.05) is 0 Å². The van der Waals surface area contributed by atoms with Crippen LogP contribution in [0.4, 0.5) is 0 Å². The highest BCUT2D eigenvalue weighted by molar-refractivity contribution is 5.30. The van der Waals surface area contributed by atoms with E-state index in [0.717, 1.165) is 19.3 Å². The highest BCUT2D eigenvalue weighted by Gasteiger charge is 2.46. The molecule has 1 aromatic rings. The van der Waals surface area contributed by atoms with Gasteiger partial charge in [0.1, 0.15) is 0 Å². The molecule has 1 aliphatic rings. The maximum atomic E-state index is 9.58. The Balaban J connectivity index is 2.27. The Bertz CT molecular complexity index is 449. The first-order valence-corrected chi connectivity index (χ1v) is 7.29. The molecule has 2 nitrogen and oxygen atoms in total. The van der Waals surface area contributed by atoms with E-state index in [4.69, 9.17) is 0 Å². The van der Waals surface area contributed by atoms with E-state index >= 15 is 0 Å². The predicted molar refractivity (Wildman–Crippen MR) is 78.8 cm³/mol. The van der Waals surface area contributed by atoms with E-state index in [0.29, 0.717) is 0 Å². The number of hydrogen-bond acceptors (Lipinski definition) is 2. The Morgan fingerprint density at radius 2 is 1.89 bits per heavy atom. The van der Waals surface area contributed by atoms with E-state index in [9.17, 15) is 5.26 Å². The fourth-order valence-corrected chi connectivity index (χ4v) is 3.27. The molecule has 1 unspecified atom stereocenters. The Hall–Kier alpha value is -1.33. The summed E-state index contributed by atoms with van der Waals surface area (Å²) < 4.78 is 0. The molecule has 0 amide bonds. The van der Waals surface area contributed by atoms with Gasteiger partial charge in [0.25, 0.3) is 0 Å². The van der Waals surface area contributed by atoms with Crippen molar-refractivity contribution in [2.24, 2.45) is 5.41 Å². The zero-order valence-corrected chi connectivity index (χ0v) is 12.3. The molecule has 0 aliphatic heterocycles. The minimum Gasteiger partial charge on any atom is -0.301 e. The van der Waals surface area contributed by atoms with Gasteiger partial charge < -0.3 is 4.90 Å². The van der Waals surface area contributed by atoms with Crippen molar-refractivity contribution in [3.05, 3.63) is 35.4 Å². The molecule has 0 N–H and O–H groups in total. The van der Waals surface area contributed by atoms with Gasteiger partial charge in [-0.05, 0) is 44.5 Å². The van der Waals surface area contributed by atoms with Crippen molar-refractivity contribution in [1.82, 2.24) is 4.90 Å². The molecule has 1 fully saturated rings. The normalized spacial score (nSPS) is 18.7. The van der Waals surface area contributed by atoms with Crippen LogP contribution in [-0.4, -0.2) is 19.0 Å². The maximum absolute atomic E-state index is 9.58. The van der Waals surface area contributed by atoms with Gasteiger partial charge in [0, 0.05) is 0 Å². The number of nitrogens with zero attached hydrogens (tertiary/aromatic N) is 2. The summed E-state index contributed by atoms with van der Waals surface area (Å²) in [5.41, 5.74) is 2.50. The third-order valence-electron chi connectivity index (χ3n) is 4.34. The van der Waals surface area contributed by atoms with Crippen LogP contribution in [0.2, 0.25) is 0 Å². The Morgan fingerprint density at radius 3 is 2.26 bits per heavy atom. The minimum absolute atomic E-state index is 0.171. The molecule has 2 rings (SSSR count). The van der Waals surface area contributed by atoms with Crippen LogP contribution in [-0.2, 0) is 6.42 Å². The first kappa shape index (κ1) is 14.1. The number of hydrogen-bond donors (Lipinski definition) is 0. The SMILES string of the molecule is CCCc1ccc(C(N(C)C)C2(C#N)CCC2)cc1. The Kier molecular flexibility index (Phi) is 4.27. The summed E-state index contributed by atoms with van der Waals surface area (Å²) in [6.45, 7) is 2.20. The van der Waals surface area contributed by atoms with Gasteiger partial charge in [-0.25, -0.2) is 0 Å². The Morgan fingerprint density at radius 1 is 1.26 bits per heavy atom. The molecule has 0 spiro atoms. The number of nitriles is 1. The largest absolute Gasteiger partial charge is 0.301 e. The van der Waals surface area contributed by atoms with Crippen LogP contribution in [0.3, 0.4) is 0 Å². The fourth-order valence-electron chi connectivity index (χ4n) is 3.27. The molecule has 0 heterocycles. The van der Waals surface area contributed by atoms with Crippen LogP contribution in [0.1, 0.15) is 49.8 Å². The second kappa shape index (κ2) is 5.75. The number of aryl methyl sites for hydroxylation is 1. The third kappa shape index (κ3) is 2.67. The number of rotatable bonds is 5. The van der Waals surface area contributed by atoms with Gasteiger partial charge in [0.05, 0.1) is 17.5 Å². The van der Waals surface area contributed by atoms with Crippen LogP contribution < -0.4 is 0 Å². The molecule has 0 radical (unpaired) electrons. The van der Waals surface area contributed by atoms with Crippen molar-refractivity contribution in [3.8, 4) is 6.07 Å². The lowest BCUT2D eigenvalue weighted by Gasteiger charge is -2.45. The monoisotopic (exact) mass is 256 g/mol. The molecule has 0 bridgehead atoms. The molecule has 0 aromatic heterocycles. The van der Waals surface area contributed by atoms with E-state index in [2.05, 4.69) is 56.3 Å². The first-order valence-electron chi connectivity index (χ1n) is 7.29. The minimum atomic E-state index is -0.171. The average molecular weight is 256 g/mol. The van der Waals surface area contributed by atoms with Crippen molar-refractivity contribution in [2.45, 2.75) is 45.1 Å². The predicted octanol–water partition coefficient (Wildman–Crippen LogP) is 3.94. The molecular formula is C17H24N2. The quantitative estimate of drug-likeness (QED) is 0.798. The van der Waals surface area contributed by atoms with Gasteiger partial charge in [0.2, 0.25) is 0 Å². The molecule has 0 saturated heterocycles. The average Bonchev–Trinajstić information content (AvgIpc) is 2.35. The lowest BCUT2D eigenvalue weighted by molar-refractivity contribution is 0.0749. The topological polar surface area (TPSA) is 27.0 Å². The van der Waals surface area contributed by atoms with Crippen molar-refractivity contribution in [1.29, 1.82) is 5.26 Å². The van der Waals surface area contributed by atoms with Gasteiger partial charge >= 0.3 is 0 Å². The zero-order valence-electron chi connectivity index (χ0n) is 12.3. The van der Waals surface area contributed by atoms with E-state index in [-0.39, 0.29) is 11.5 Å². The summed E-state index contributed by atoms with van der Waals surface area (Å²) >= 11 is 0. The van der Waals surface area contributed by atoms with Gasteiger partial charge in [-0.15, -0.1) is 0 Å². The molecule has 1 aromatic carbocycles. The van der Waals surface area contributed by atoms with Crippen LogP contribution in [0.25, 0.3) is 0 Å². The lowest BCUT2D eigenvalue weighted by Crippen LogP contribution is -2.41. The first-order chi connectivity index (χ1) is 9.13. The molecular weight excluding hydrogens is 232 g/mol. The molecule has 1 saturated carbocycles. The molecule has 1 atom stereocenters.